The third-order valence-electron chi connectivity index (χ3n) is 4.76. The fourth-order valence-electron chi connectivity index (χ4n) is 2.86. The quantitative estimate of drug-likeness (QED) is 0.270. The summed E-state index contributed by atoms with van der Waals surface area (Å²) in [6.45, 7) is 6.60. The van der Waals surface area contributed by atoms with Crippen LogP contribution in [-0.2, 0) is 19.7 Å². The van der Waals surface area contributed by atoms with Gasteiger partial charge in [0.05, 0.1) is 0 Å². The molecule has 184 valence electrons. The molecular weight excluding hydrogens is 471 g/mol. The van der Waals surface area contributed by atoms with E-state index in [4.69, 9.17) is 25.8 Å². The first-order valence-electron chi connectivity index (χ1n) is 9.82. The lowest BCUT2D eigenvalue weighted by molar-refractivity contribution is -0.760. The maximum Gasteiger partial charge on any atom is 0.508 e. The number of hydrogen-bond donors (Lipinski definition) is 0. The Morgan fingerprint density at radius 3 is 2.33 bits per heavy atom. The molecule has 1 atom stereocenters. The van der Waals surface area contributed by atoms with Crippen LogP contribution in [0, 0.1) is 15.5 Å². The van der Waals surface area contributed by atoms with Crippen molar-refractivity contribution in [3.05, 3.63) is 44.5 Å². The van der Waals surface area contributed by atoms with Gasteiger partial charge in [-0.1, -0.05) is 52.3 Å². The number of halogens is 4. The Balaban J connectivity index is 2.16. The summed E-state index contributed by atoms with van der Waals surface area (Å²) in [7, 11) is 0. The van der Waals surface area contributed by atoms with Crippen LogP contribution in [0.3, 0.4) is 0 Å². The van der Waals surface area contributed by atoms with E-state index >= 15 is 0 Å². The maximum absolute atomic E-state index is 14.0. The van der Waals surface area contributed by atoms with Crippen LogP contribution >= 0.6 is 11.6 Å². The van der Waals surface area contributed by atoms with E-state index in [0.717, 1.165) is 6.08 Å². The van der Waals surface area contributed by atoms with Crippen molar-refractivity contribution in [3.8, 4) is 5.75 Å². The van der Waals surface area contributed by atoms with E-state index < -0.39 is 40.5 Å². The van der Waals surface area contributed by atoms with Gasteiger partial charge in [-0.25, -0.2) is 4.79 Å². The zero-order valence-corrected chi connectivity index (χ0v) is 19.5. The predicted octanol–water partition coefficient (Wildman–Crippen LogP) is 5.73. The van der Waals surface area contributed by atoms with Crippen LogP contribution in [0.2, 0.25) is 5.02 Å². The van der Waals surface area contributed by atoms with Crippen LogP contribution in [0.4, 0.5) is 18.0 Å². The highest BCUT2D eigenvalue weighted by Gasteiger charge is 2.58. The second-order valence-corrected chi connectivity index (χ2v) is 9.84. The van der Waals surface area contributed by atoms with Crippen molar-refractivity contribution in [2.45, 2.75) is 51.8 Å². The molecule has 12 heteroatoms. The summed E-state index contributed by atoms with van der Waals surface area (Å²) >= 11 is 6.28. The lowest BCUT2D eigenvalue weighted by Crippen LogP contribution is -2.53. The van der Waals surface area contributed by atoms with Crippen molar-refractivity contribution >= 4 is 23.8 Å². The summed E-state index contributed by atoms with van der Waals surface area (Å²) in [5, 5.41) is 9.67. The Kier molecular flexibility index (Phi) is 7.47. The van der Waals surface area contributed by atoms with Gasteiger partial charge in [0, 0.05) is 16.0 Å². The molecule has 0 fully saturated rings. The predicted molar refractivity (Wildman–Crippen MR) is 113 cm³/mol. The second kappa shape index (κ2) is 9.28. The Bertz CT molecular complexity index is 941. The van der Waals surface area contributed by atoms with Crippen molar-refractivity contribution in [2.75, 3.05) is 19.8 Å². The van der Waals surface area contributed by atoms with Crippen LogP contribution in [0.25, 0.3) is 6.08 Å². The van der Waals surface area contributed by atoms with E-state index in [-0.39, 0.29) is 19.0 Å². The fourth-order valence-corrected chi connectivity index (χ4v) is 3.32. The van der Waals surface area contributed by atoms with Gasteiger partial charge in [-0.2, -0.15) is 13.2 Å². The summed E-state index contributed by atoms with van der Waals surface area (Å²) in [5.41, 5.74) is -3.43. The molecule has 0 spiro atoms. The molecule has 8 nitrogen and oxygen atoms in total. The van der Waals surface area contributed by atoms with E-state index in [1.165, 1.54) is 32.1 Å². The summed E-state index contributed by atoms with van der Waals surface area (Å²) in [4.78, 5) is 26.5. The summed E-state index contributed by atoms with van der Waals surface area (Å²) in [5.74, 6) is -0.0563. The van der Waals surface area contributed by atoms with E-state index in [9.17, 15) is 28.1 Å². The molecule has 0 saturated carbocycles. The number of nitrogens with zero attached hydrogens (tertiary/aromatic N) is 1. The van der Waals surface area contributed by atoms with Gasteiger partial charge in [-0.15, -0.1) is 10.1 Å². The highest BCUT2D eigenvalue weighted by atomic mass is 35.5. The maximum atomic E-state index is 14.0. The van der Waals surface area contributed by atoms with Crippen molar-refractivity contribution in [2.24, 2.45) is 5.41 Å². The summed E-state index contributed by atoms with van der Waals surface area (Å²) in [6, 6.07) is 2.95. The second-order valence-electron chi connectivity index (χ2n) is 9.43. The first-order chi connectivity index (χ1) is 15.0. The molecule has 1 aliphatic heterocycles. The van der Waals surface area contributed by atoms with E-state index in [1.807, 2.05) is 20.8 Å². The number of carbonyl (C=O) groups excluding carboxylic acids is 1. The normalized spacial score (nSPS) is 18.2. The van der Waals surface area contributed by atoms with Crippen LogP contribution in [0.15, 0.2) is 18.2 Å². The highest BCUT2D eigenvalue weighted by molar-refractivity contribution is 6.31. The Labute approximate surface area is 193 Å². The number of alkyl halides is 3. The molecule has 1 heterocycles. The molecule has 0 aliphatic carbocycles. The van der Waals surface area contributed by atoms with Gasteiger partial charge >= 0.3 is 12.3 Å². The number of ether oxygens (including phenoxy) is 3. The molecule has 1 aromatic carbocycles. The Morgan fingerprint density at radius 1 is 1.15 bits per heavy atom. The highest BCUT2D eigenvalue weighted by Crippen LogP contribution is 2.44. The van der Waals surface area contributed by atoms with E-state index in [2.05, 4.69) is 4.84 Å². The smallest absolute Gasteiger partial charge is 0.469 e. The van der Waals surface area contributed by atoms with Gasteiger partial charge in [0.25, 0.3) is 10.7 Å². The molecule has 0 bridgehead atoms. The summed E-state index contributed by atoms with van der Waals surface area (Å²) in [6.07, 6.45) is -4.36. The lowest BCUT2D eigenvalue weighted by Gasteiger charge is -2.36. The van der Waals surface area contributed by atoms with Crippen LogP contribution in [0.1, 0.15) is 45.7 Å². The standard InChI is InChI=1S/C21H25ClF3NO7/c1-18(2,3)14-9-16-13(8-15(14)22)6-7-20(33-16,21(23,24)25)12-31-17(27)30-10-19(4,5)11-32-26(28)29/h6-9H,10-12H2,1-5H3. The molecule has 1 aliphatic rings. The van der Waals surface area contributed by atoms with Gasteiger partial charge in [0.15, 0.2) is 0 Å². The minimum Gasteiger partial charge on any atom is -0.469 e. The Morgan fingerprint density at radius 2 is 1.79 bits per heavy atom. The molecule has 1 unspecified atom stereocenters. The van der Waals surface area contributed by atoms with Crippen LogP contribution in [-0.4, -0.2) is 42.8 Å². The minimum atomic E-state index is -4.93. The largest absolute Gasteiger partial charge is 0.508 e. The molecule has 1 aromatic rings. The first-order valence-corrected chi connectivity index (χ1v) is 10.2. The van der Waals surface area contributed by atoms with Gasteiger partial charge in [0.1, 0.15) is 25.6 Å². The van der Waals surface area contributed by atoms with Crippen LogP contribution < -0.4 is 4.74 Å². The molecule has 0 N–H and O–H groups in total. The third-order valence-corrected chi connectivity index (χ3v) is 5.07. The van der Waals surface area contributed by atoms with Crippen molar-refractivity contribution in [3.63, 3.8) is 0 Å². The number of carbonyl (C=O) groups is 1. The van der Waals surface area contributed by atoms with Crippen LogP contribution in [0.5, 0.6) is 5.75 Å². The number of fused-ring (bicyclic) bond motifs is 1. The number of hydrogen-bond acceptors (Lipinski definition) is 7. The Hall–Kier alpha value is -2.69. The van der Waals surface area contributed by atoms with Crippen molar-refractivity contribution in [1.29, 1.82) is 0 Å². The molecule has 0 saturated heterocycles. The third kappa shape index (κ3) is 6.66. The van der Waals surface area contributed by atoms with Gasteiger partial charge in [-0.05, 0) is 29.2 Å². The molecule has 2 rings (SSSR count). The summed E-state index contributed by atoms with van der Waals surface area (Å²) < 4.78 is 56.8. The average molecular weight is 496 g/mol. The molecule has 0 radical (unpaired) electrons. The number of benzene rings is 1. The molecule has 0 amide bonds. The monoisotopic (exact) mass is 495 g/mol. The van der Waals surface area contributed by atoms with E-state index in [0.29, 0.717) is 16.1 Å². The molecule has 33 heavy (non-hydrogen) atoms. The lowest BCUT2D eigenvalue weighted by atomic mass is 9.85. The molecular formula is C21H25ClF3NO7. The SMILES string of the molecule is CC(C)(COC(=O)OCC1(C(F)(F)F)C=Cc2cc(Cl)c(C(C)(C)C)cc2O1)CO[N+](=O)[O-]. The first kappa shape index (κ1) is 26.6. The van der Waals surface area contributed by atoms with E-state index in [1.54, 1.807) is 0 Å². The molecule has 0 aromatic heterocycles. The van der Waals surface area contributed by atoms with Gasteiger partial charge in [0.2, 0.25) is 0 Å². The zero-order valence-electron chi connectivity index (χ0n) is 18.7. The average Bonchev–Trinajstić information content (AvgIpc) is 2.67. The van der Waals surface area contributed by atoms with Crippen molar-refractivity contribution < 1.29 is 42.1 Å². The topological polar surface area (TPSA) is 97.1 Å². The zero-order chi connectivity index (χ0) is 25.2. The number of rotatable bonds is 7. The van der Waals surface area contributed by atoms with Gasteiger partial charge < -0.3 is 19.0 Å². The van der Waals surface area contributed by atoms with Crippen molar-refractivity contribution in [1.82, 2.24) is 0 Å². The minimum absolute atomic E-state index is 0.0563. The fraction of sp³-hybridized carbons (Fsp3) is 0.571. The van der Waals surface area contributed by atoms with Gasteiger partial charge in [-0.3, -0.25) is 0 Å².